The fourth-order valence-corrected chi connectivity index (χ4v) is 2.12. The molecule has 0 spiro atoms. The van der Waals surface area contributed by atoms with Crippen molar-refractivity contribution in [3.63, 3.8) is 0 Å². The number of hydrogen-bond acceptors (Lipinski definition) is 6. The number of rotatable bonds is 6. The Kier molecular flexibility index (Phi) is 5.32. The molecule has 0 fully saturated rings. The minimum absolute atomic E-state index is 0.204. The summed E-state index contributed by atoms with van der Waals surface area (Å²) in [6.07, 6.45) is 0. The van der Waals surface area contributed by atoms with Gasteiger partial charge in [-0.2, -0.15) is 9.97 Å². The molecule has 0 unspecified atom stereocenters. The van der Waals surface area contributed by atoms with E-state index in [1.807, 2.05) is 39.0 Å². The number of anilines is 1. The molecule has 1 N–H and O–H groups in total. The number of benzene rings is 1. The van der Waals surface area contributed by atoms with Crippen LogP contribution in [0.4, 0.5) is 5.95 Å². The Morgan fingerprint density at radius 1 is 1.14 bits per heavy atom. The van der Waals surface area contributed by atoms with Crippen molar-refractivity contribution in [1.82, 2.24) is 15.0 Å². The summed E-state index contributed by atoms with van der Waals surface area (Å²) in [6.45, 7) is 6.97. The van der Waals surface area contributed by atoms with E-state index in [1.165, 1.54) is 0 Å². The van der Waals surface area contributed by atoms with E-state index >= 15 is 0 Å². The molecule has 7 heteroatoms. The standard InChI is InChI=1S/C14H17BrN4O2/c1-4-16-12-17-13(20-5-2)19-14(18-12)21-11-7-6-10(15)8-9(11)3/h6-8H,4-5H2,1-3H3,(H,16,17,18,19). The Balaban J connectivity index is 2.29. The molecule has 2 rings (SSSR count). The Morgan fingerprint density at radius 3 is 2.57 bits per heavy atom. The van der Waals surface area contributed by atoms with Crippen LogP contribution >= 0.6 is 15.9 Å². The van der Waals surface area contributed by atoms with Crippen LogP contribution in [0.5, 0.6) is 17.8 Å². The molecule has 2 aromatic rings. The normalized spacial score (nSPS) is 10.3. The van der Waals surface area contributed by atoms with Crippen molar-refractivity contribution in [3.05, 3.63) is 28.2 Å². The van der Waals surface area contributed by atoms with Crippen LogP contribution in [0.2, 0.25) is 0 Å². The van der Waals surface area contributed by atoms with Gasteiger partial charge in [-0.15, -0.1) is 4.98 Å². The van der Waals surface area contributed by atoms with E-state index in [1.54, 1.807) is 0 Å². The number of nitrogens with zero attached hydrogens (tertiary/aromatic N) is 3. The average Bonchev–Trinajstić information content (AvgIpc) is 2.42. The van der Waals surface area contributed by atoms with Crippen LogP contribution < -0.4 is 14.8 Å². The fourth-order valence-electron chi connectivity index (χ4n) is 1.64. The van der Waals surface area contributed by atoms with Crippen molar-refractivity contribution in [2.45, 2.75) is 20.8 Å². The SMILES string of the molecule is CCNc1nc(OCC)nc(Oc2ccc(Br)cc2C)n1. The smallest absolute Gasteiger partial charge is 0.330 e. The van der Waals surface area contributed by atoms with E-state index in [0.29, 0.717) is 24.8 Å². The second kappa shape index (κ2) is 7.21. The van der Waals surface area contributed by atoms with Crippen molar-refractivity contribution in [1.29, 1.82) is 0 Å². The number of aryl methyl sites for hydroxylation is 1. The molecule has 6 nitrogen and oxygen atoms in total. The minimum atomic E-state index is 0.204. The third-order valence-electron chi connectivity index (χ3n) is 2.54. The highest BCUT2D eigenvalue weighted by molar-refractivity contribution is 9.10. The molecule has 0 radical (unpaired) electrons. The van der Waals surface area contributed by atoms with Crippen LogP contribution in [-0.4, -0.2) is 28.1 Å². The van der Waals surface area contributed by atoms with Gasteiger partial charge in [0.25, 0.3) is 0 Å². The molecule has 0 aliphatic rings. The van der Waals surface area contributed by atoms with Crippen LogP contribution in [0.25, 0.3) is 0 Å². The first-order chi connectivity index (χ1) is 10.1. The van der Waals surface area contributed by atoms with E-state index in [9.17, 15) is 0 Å². The van der Waals surface area contributed by atoms with Gasteiger partial charge < -0.3 is 14.8 Å². The number of aromatic nitrogens is 3. The third kappa shape index (κ3) is 4.29. The molecular formula is C14H17BrN4O2. The van der Waals surface area contributed by atoms with Gasteiger partial charge in [0.2, 0.25) is 5.95 Å². The molecule has 0 amide bonds. The van der Waals surface area contributed by atoms with Crippen LogP contribution in [0, 0.1) is 6.92 Å². The zero-order valence-corrected chi connectivity index (χ0v) is 13.8. The number of nitrogens with one attached hydrogen (secondary N) is 1. The zero-order valence-electron chi connectivity index (χ0n) is 12.2. The van der Waals surface area contributed by atoms with E-state index in [4.69, 9.17) is 9.47 Å². The molecular weight excluding hydrogens is 336 g/mol. The van der Waals surface area contributed by atoms with E-state index in [0.717, 1.165) is 10.0 Å². The Labute approximate surface area is 132 Å². The highest BCUT2D eigenvalue weighted by Gasteiger charge is 2.10. The summed E-state index contributed by atoms with van der Waals surface area (Å²) in [6, 6.07) is 6.17. The van der Waals surface area contributed by atoms with Crippen molar-refractivity contribution >= 4 is 21.9 Å². The van der Waals surface area contributed by atoms with Crippen molar-refractivity contribution in [2.24, 2.45) is 0 Å². The zero-order chi connectivity index (χ0) is 15.2. The first-order valence-electron chi connectivity index (χ1n) is 6.69. The molecule has 21 heavy (non-hydrogen) atoms. The summed E-state index contributed by atoms with van der Waals surface area (Å²) >= 11 is 3.42. The lowest BCUT2D eigenvalue weighted by Crippen LogP contribution is -2.07. The Hall–Kier alpha value is -1.89. The highest BCUT2D eigenvalue weighted by Crippen LogP contribution is 2.26. The third-order valence-corrected chi connectivity index (χ3v) is 3.03. The average molecular weight is 353 g/mol. The topological polar surface area (TPSA) is 69.2 Å². The minimum Gasteiger partial charge on any atom is -0.464 e. The second-order valence-electron chi connectivity index (χ2n) is 4.20. The molecule has 0 saturated heterocycles. The quantitative estimate of drug-likeness (QED) is 0.856. The van der Waals surface area contributed by atoms with Gasteiger partial charge >= 0.3 is 12.0 Å². The van der Waals surface area contributed by atoms with Crippen molar-refractivity contribution < 1.29 is 9.47 Å². The van der Waals surface area contributed by atoms with Gasteiger partial charge in [-0.1, -0.05) is 15.9 Å². The molecule has 0 bridgehead atoms. The molecule has 1 aromatic carbocycles. The van der Waals surface area contributed by atoms with Crippen molar-refractivity contribution in [3.8, 4) is 17.8 Å². The Morgan fingerprint density at radius 2 is 1.90 bits per heavy atom. The molecule has 0 saturated carbocycles. The van der Waals surface area contributed by atoms with E-state index in [-0.39, 0.29) is 12.0 Å². The fraction of sp³-hybridized carbons (Fsp3) is 0.357. The maximum Gasteiger partial charge on any atom is 0.330 e. The summed E-state index contributed by atoms with van der Waals surface area (Å²) < 4.78 is 12.1. The summed E-state index contributed by atoms with van der Waals surface area (Å²) in [7, 11) is 0. The van der Waals surface area contributed by atoms with Crippen LogP contribution in [0.1, 0.15) is 19.4 Å². The highest BCUT2D eigenvalue weighted by atomic mass is 79.9. The van der Waals surface area contributed by atoms with Gasteiger partial charge in [0.1, 0.15) is 5.75 Å². The van der Waals surface area contributed by atoms with Crippen LogP contribution in [0.3, 0.4) is 0 Å². The lowest BCUT2D eigenvalue weighted by atomic mass is 10.2. The van der Waals surface area contributed by atoms with Crippen LogP contribution in [0.15, 0.2) is 22.7 Å². The second-order valence-corrected chi connectivity index (χ2v) is 5.12. The maximum atomic E-state index is 5.74. The van der Waals surface area contributed by atoms with E-state index in [2.05, 4.69) is 36.2 Å². The molecule has 1 heterocycles. The lowest BCUT2D eigenvalue weighted by molar-refractivity contribution is 0.303. The summed E-state index contributed by atoms with van der Waals surface area (Å²) in [5, 5.41) is 3.03. The lowest BCUT2D eigenvalue weighted by Gasteiger charge is -2.10. The largest absolute Gasteiger partial charge is 0.464 e. The molecule has 112 valence electrons. The summed E-state index contributed by atoms with van der Waals surface area (Å²) in [5.74, 6) is 1.12. The summed E-state index contributed by atoms with van der Waals surface area (Å²) in [5.41, 5.74) is 0.979. The Bertz CT molecular complexity index is 598. The maximum absolute atomic E-state index is 5.74. The first kappa shape index (κ1) is 15.5. The van der Waals surface area contributed by atoms with Gasteiger partial charge in [-0.05, 0) is 44.5 Å². The number of hydrogen-bond donors (Lipinski definition) is 1. The van der Waals surface area contributed by atoms with Gasteiger partial charge in [0.15, 0.2) is 0 Å². The monoisotopic (exact) mass is 352 g/mol. The number of ether oxygens (including phenoxy) is 2. The molecule has 0 atom stereocenters. The van der Waals surface area contributed by atoms with Crippen LogP contribution in [-0.2, 0) is 0 Å². The van der Waals surface area contributed by atoms with Crippen molar-refractivity contribution in [2.75, 3.05) is 18.5 Å². The molecule has 0 aliphatic heterocycles. The molecule has 1 aromatic heterocycles. The summed E-state index contributed by atoms with van der Waals surface area (Å²) in [4.78, 5) is 12.5. The number of halogens is 1. The van der Waals surface area contributed by atoms with Gasteiger partial charge in [-0.3, -0.25) is 0 Å². The predicted molar refractivity (Wildman–Crippen MR) is 84.1 cm³/mol. The van der Waals surface area contributed by atoms with Gasteiger partial charge in [0.05, 0.1) is 6.61 Å². The van der Waals surface area contributed by atoms with E-state index < -0.39 is 0 Å². The van der Waals surface area contributed by atoms with Gasteiger partial charge in [-0.25, -0.2) is 0 Å². The molecule has 0 aliphatic carbocycles. The first-order valence-corrected chi connectivity index (χ1v) is 7.48. The van der Waals surface area contributed by atoms with Gasteiger partial charge in [0, 0.05) is 11.0 Å². The predicted octanol–water partition coefficient (Wildman–Crippen LogP) is 3.57.